The summed E-state index contributed by atoms with van der Waals surface area (Å²) in [7, 11) is 0. The van der Waals surface area contributed by atoms with Gasteiger partial charge in [-0.15, -0.1) is 0 Å². The van der Waals surface area contributed by atoms with Crippen molar-refractivity contribution in [3.05, 3.63) is 35.9 Å². The fraction of sp³-hybridized carbons (Fsp3) is 0.600. The monoisotopic (exact) mass is 234 g/mol. The van der Waals surface area contributed by atoms with Crippen LogP contribution < -0.4 is 0 Å². The molecule has 1 aromatic carbocycles. The van der Waals surface area contributed by atoms with Gasteiger partial charge in [0.15, 0.2) is 0 Å². The first kappa shape index (κ1) is 12.6. The lowest BCUT2D eigenvalue weighted by Crippen LogP contribution is -2.35. The van der Waals surface area contributed by atoms with Crippen molar-refractivity contribution in [3.8, 4) is 0 Å². The summed E-state index contributed by atoms with van der Waals surface area (Å²) in [5, 5.41) is 9.64. The van der Waals surface area contributed by atoms with Gasteiger partial charge in [0, 0.05) is 0 Å². The summed E-state index contributed by atoms with van der Waals surface area (Å²) in [6.07, 6.45) is 6.38. The van der Waals surface area contributed by atoms with E-state index in [1.54, 1.807) is 0 Å². The Hall–Kier alpha value is -0.860. The standard InChI is InChI=1S/C15H22O2/c1-15(12-16,13-8-4-2-5-9-13)17-14-10-6-3-7-11-14/h2,4-5,8-9,14,16H,3,6-7,10-12H2,1H3. The van der Waals surface area contributed by atoms with Crippen LogP contribution in [0, 0.1) is 0 Å². The Kier molecular flexibility index (Phi) is 4.19. The second kappa shape index (κ2) is 5.65. The molecule has 0 saturated heterocycles. The Balaban J connectivity index is 2.08. The number of benzene rings is 1. The largest absolute Gasteiger partial charge is 0.393 e. The molecule has 2 nitrogen and oxygen atoms in total. The van der Waals surface area contributed by atoms with Gasteiger partial charge >= 0.3 is 0 Å². The number of rotatable bonds is 4. The molecule has 2 rings (SSSR count). The van der Waals surface area contributed by atoms with Crippen molar-refractivity contribution >= 4 is 0 Å². The van der Waals surface area contributed by atoms with Gasteiger partial charge in [-0.1, -0.05) is 49.6 Å². The summed E-state index contributed by atoms with van der Waals surface area (Å²) in [6.45, 7) is 2.02. The predicted octanol–water partition coefficient (Wildman–Crippen LogP) is 3.24. The molecule has 0 spiro atoms. The third-order valence-electron chi connectivity index (χ3n) is 3.67. The zero-order valence-electron chi connectivity index (χ0n) is 10.6. The van der Waals surface area contributed by atoms with Crippen LogP contribution in [-0.4, -0.2) is 17.8 Å². The Morgan fingerprint density at radius 1 is 1.18 bits per heavy atom. The van der Waals surface area contributed by atoms with Crippen molar-refractivity contribution in [2.45, 2.75) is 50.7 Å². The lowest BCUT2D eigenvalue weighted by molar-refractivity contribution is -0.124. The molecule has 1 aromatic rings. The van der Waals surface area contributed by atoms with Crippen molar-refractivity contribution in [2.75, 3.05) is 6.61 Å². The van der Waals surface area contributed by atoms with E-state index in [4.69, 9.17) is 4.74 Å². The van der Waals surface area contributed by atoms with E-state index in [2.05, 4.69) is 0 Å². The second-order valence-corrected chi connectivity index (χ2v) is 5.13. The molecule has 2 heteroatoms. The van der Waals surface area contributed by atoms with E-state index in [0.717, 1.165) is 18.4 Å². The van der Waals surface area contributed by atoms with Crippen LogP contribution in [-0.2, 0) is 10.3 Å². The summed E-state index contributed by atoms with van der Waals surface area (Å²) in [5.74, 6) is 0. The van der Waals surface area contributed by atoms with E-state index in [0.29, 0.717) is 6.10 Å². The topological polar surface area (TPSA) is 29.5 Å². The van der Waals surface area contributed by atoms with E-state index in [9.17, 15) is 5.11 Å². The predicted molar refractivity (Wildman–Crippen MR) is 68.8 cm³/mol. The van der Waals surface area contributed by atoms with Crippen LogP contribution in [0.4, 0.5) is 0 Å². The maximum atomic E-state index is 9.64. The molecule has 0 aromatic heterocycles. The van der Waals surface area contributed by atoms with Gasteiger partial charge < -0.3 is 9.84 Å². The van der Waals surface area contributed by atoms with Crippen molar-refractivity contribution in [3.63, 3.8) is 0 Å². The molecule has 1 saturated carbocycles. The van der Waals surface area contributed by atoms with Gasteiger partial charge in [-0.05, 0) is 25.3 Å². The first-order valence-electron chi connectivity index (χ1n) is 6.59. The Morgan fingerprint density at radius 3 is 2.41 bits per heavy atom. The van der Waals surface area contributed by atoms with Crippen LogP contribution in [0.3, 0.4) is 0 Å². The molecule has 17 heavy (non-hydrogen) atoms. The van der Waals surface area contributed by atoms with Crippen LogP contribution in [0.2, 0.25) is 0 Å². The highest BCUT2D eigenvalue weighted by Gasteiger charge is 2.30. The number of ether oxygens (including phenoxy) is 1. The SMILES string of the molecule is CC(CO)(OC1CCCCC1)c1ccccc1. The maximum Gasteiger partial charge on any atom is 0.114 e. The van der Waals surface area contributed by atoms with E-state index >= 15 is 0 Å². The molecule has 0 aliphatic heterocycles. The molecule has 0 heterocycles. The average Bonchev–Trinajstić information content (AvgIpc) is 2.41. The molecule has 1 aliphatic carbocycles. The van der Waals surface area contributed by atoms with Gasteiger partial charge in [-0.3, -0.25) is 0 Å². The van der Waals surface area contributed by atoms with Gasteiger partial charge in [0.1, 0.15) is 5.60 Å². The Bertz CT molecular complexity index is 330. The van der Waals surface area contributed by atoms with Crippen LogP contribution in [0.5, 0.6) is 0 Å². The minimum atomic E-state index is -0.552. The van der Waals surface area contributed by atoms with Gasteiger partial charge in [0.25, 0.3) is 0 Å². The molecule has 1 fully saturated rings. The maximum absolute atomic E-state index is 9.64. The highest BCUT2D eigenvalue weighted by molar-refractivity contribution is 5.22. The van der Waals surface area contributed by atoms with Gasteiger partial charge in [0.2, 0.25) is 0 Å². The minimum Gasteiger partial charge on any atom is -0.393 e. The van der Waals surface area contributed by atoms with Gasteiger partial charge in [-0.25, -0.2) is 0 Å². The molecular formula is C15H22O2. The fourth-order valence-corrected chi connectivity index (χ4v) is 2.54. The summed E-state index contributed by atoms with van der Waals surface area (Å²) in [5.41, 5.74) is 0.511. The van der Waals surface area contributed by atoms with E-state index in [-0.39, 0.29) is 6.61 Å². The summed E-state index contributed by atoms with van der Waals surface area (Å²) in [6, 6.07) is 10.0. The van der Waals surface area contributed by atoms with E-state index < -0.39 is 5.60 Å². The molecular weight excluding hydrogens is 212 g/mol. The summed E-state index contributed by atoms with van der Waals surface area (Å²) < 4.78 is 6.16. The molecule has 1 unspecified atom stereocenters. The average molecular weight is 234 g/mol. The zero-order chi connectivity index (χ0) is 12.1. The lowest BCUT2D eigenvalue weighted by Gasteiger charge is -2.34. The van der Waals surface area contributed by atoms with Crippen LogP contribution in [0.1, 0.15) is 44.6 Å². The second-order valence-electron chi connectivity index (χ2n) is 5.13. The van der Waals surface area contributed by atoms with Crippen LogP contribution >= 0.6 is 0 Å². The molecule has 0 radical (unpaired) electrons. The summed E-state index contributed by atoms with van der Waals surface area (Å²) in [4.78, 5) is 0. The number of hydrogen-bond donors (Lipinski definition) is 1. The van der Waals surface area contributed by atoms with Gasteiger partial charge in [-0.2, -0.15) is 0 Å². The van der Waals surface area contributed by atoms with Gasteiger partial charge in [0.05, 0.1) is 12.7 Å². The molecule has 1 N–H and O–H groups in total. The van der Waals surface area contributed by atoms with Crippen LogP contribution in [0.15, 0.2) is 30.3 Å². The lowest BCUT2D eigenvalue weighted by atomic mass is 9.93. The molecule has 0 bridgehead atoms. The van der Waals surface area contributed by atoms with E-state index in [1.807, 2.05) is 37.3 Å². The normalized spacial score (nSPS) is 21.1. The van der Waals surface area contributed by atoms with Crippen molar-refractivity contribution in [1.29, 1.82) is 0 Å². The molecule has 94 valence electrons. The first-order valence-corrected chi connectivity index (χ1v) is 6.59. The Morgan fingerprint density at radius 2 is 1.82 bits per heavy atom. The molecule has 1 aliphatic rings. The number of hydrogen-bond acceptors (Lipinski definition) is 2. The smallest absolute Gasteiger partial charge is 0.114 e. The third-order valence-corrected chi connectivity index (χ3v) is 3.67. The number of aliphatic hydroxyl groups is 1. The Labute approximate surface area is 104 Å². The minimum absolute atomic E-state index is 0.0352. The van der Waals surface area contributed by atoms with Crippen molar-refractivity contribution in [2.24, 2.45) is 0 Å². The summed E-state index contributed by atoms with van der Waals surface area (Å²) >= 11 is 0. The first-order chi connectivity index (χ1) is 8.24. The highest BCUT2D eigenvalue weighted by atomic mass is 16.5. The number of aliphatic hydroxyl groups excluding tert-OH is 1. The van der Waals surface area contributed by atoms with Crippen LogP contribution in [0.25, 0.3) is 0 Å². The molecule has 1 atom stereocenters. The van der Waals surface area contributed by atoms with Crippen molar-refractivity contribution in [1.82, 2.24) is 0 Å². The van der Waals surface area contributed by atoms with E-state index in [1.165, 1.54) is 19.3 Å². The third kappa shape index (κ3) is 3.08. The zero-order valence-corrected chi connectivity index (χ0v) is 10.6. The quantitative estimate of drug-likeness (QED) is 0.866. The van der Waals surface area contributed by atoms with Crippen molar-refractivity contribution < 1.29 is 9.84 Å². The highest BCUT2D eigenvalue weighted by Crippen LogP contribution is 2.31. The molecule has 0 amide bonds. The fourth-order valence-electron chi connectivity index (χ4n) is 2.54.